The van der Waals surface area contributed by atoms with Crippen molar-refractivity contribution in [2.24, 2.45) is 5.84 Å². The standard InChI is InChI=1S/C16H19FN2O/c1-10-4-5-13(9-14(10)17)16(19-18)12-6-7-15(20-3)11(2)8-12/h4-9,16,19H,18H2,1-3H3. The van der Waals surface area contributed by atoms with Gasteiger partial charge in [0.25, 0.3) is 0 Å². The molecule has 2 rings (SSSR count). The smallest absolute Gasteiger partial charge is 0.126 e. The highest BCUT2D eigenvalue weighted by atomic mass is 19.1. The van der Waals surface area contributed by atoms with Crippen LogP contribution in [0, 0.1) is 19.7 Å². The van der Waals surface area contributed by atoms with Gasteiger partial charge in [-0.2, -0.15) is 0 Å². The van der Waals surface area contributed by atoms with Crippen molar-refractivity contribution in [2.45, 2.75) is 19.9 Å². The molecule has 3 N–H and O–H groups in total. The Morgan fingerprint density at radius 2 is 1.70 bits per heavy atom. The van der Waals surface area contributed by atoms with Crippen LogP contribution in [0.15, 0.2) is 36.4 Å². The van der Waals surface area contributed by atoms with E-state index in [0.717, 1.165) is 22.4 Å². The average Bonchev–Trinajstić information content (AvgIpc) is 2.44. The maximum atomic E-state index is 13.7. The molecule has 0 fully saturated rings. The molecule has 0 saturated carbocycles. The summed E-state index contributed by atoms with van der Waals surface area (Å²) >= 11 is 0. The maximum Gasteiger partial charge on any atom is 0.126 e. The number of methoxy groups -OCH3 is 1. The van der Waals surface area contributed by atoms with Crippen molar-refractivity contribution in [1.29, 1.82) is 0 Å². The summed E-state index contributed by atoms with van der Waals surface area (Å²) in [5.74, 6) is 6.23. The van der Waals surface area contributed by atoms with Gasteiger partial charge in [-0.3, -0.25) is 5.84 Å². The quantitative estimate of drug-likeness (QED) is 0.665. The van der Waals surface area contributed by atoms with Gasteiger partial charge in [0.1, 0.15) is 11.6 Å². The van der Waals surface area contributed by atoms with E-state index in [1.807, 2.05) is 31.2 Å². The molecule has 0 aliphatic heterocycles. The number of rotatable bonds is 4. The van der Waals surface area contributed by atoms with Gasteiger partial charge in [0, 0.05) is 0 Å². The largest absolute Gasteiger partial charge is 0.496 e. The molecule has 1 unspecified atom stereocenters. The van der Waals surface area contributed by atoms with Gasteiger partial charge in [-0.25, -0.2) is 9.82 Å². The minimum atomic E-state index is -0.255. The lowest BCUT2D eigenvalue weighted by atomic mass is 9.96. The fourth-order valence-corrected chi connectivity index (χ4v) is 2.25. The van der Waals surface area contributed by atoms with E-state index in [-0.39, 0.29) is 11.9 Å². The molecular weight excluding hydrogens is 255 g/mol. The average molecular weight is 274 g/mol. The van der Waals surface area contributed by atoms with E-state index < -0.39 is 0 Å². The molecule has 0 aliphatic carbocycles. The highest BCUT2D eigenvalue weighted by molar-refractivity contribution is 5.41. The van der Waals surface area contributed by atoms with Crippen LogP contribution in [0.5, 0.6) is 5.75 Å². The van der Waals surface area contributed by atoms with Crippen molar-refractivity contribution in [3.05, 3.63) is 64.5 Å². The number of ether oxygens (including phenoxy) is 1. The van der Waals surface area contributed by atoms with Gasteiger partial charge in [-0.1, -0.05) is 24.3 Å². The van der Waals surface area contributed by atoms with Gasteiger partial charge in [-0.05, 0) is 48.2 Å². The summed E-state index contributed by atoms with van der Waals surface area (Å²) in [5.41, 5.74) is 6.13. The molecule has 0 bridgehead atoms. The second-order valence-corrected chi connectivity index (χ2v) is 4.84. The Morgan fingerprint density at radius 3 is 2.25 bits per heavy atom. The lowest BCUT2D eigenvalue weighted by Gasteiger charge is -2.18. The Balaban J connectivity index is 2.41. The van der Waals surface area contributed by atoms with Crippen LogP contribution < -0.4 is 16.0 Å². The molecule has 0 spiro atoms. The first-order chi connectivity index (χ1) is 9.56. The lowest BCUT2D eigenvalue weighted by molar-refractivity contribution is 0.411. The number of hydrazine groups is 1. The summed E-state index contributed by atoms with van der Waals surface area (Å²) in [5, 5.41) is 0. The molecule has 20 heavy (non-hydrogen) atoms. The van der Waals surface area contributed by atoms with Crippen LogP contribution in [0.1, 0.15) is 28.3 Å². The van der Waals surface area contributed by atoms with Crippen molar-refractivity contribution in [3.8, 4) is 5.75 Å². The summed E-state index contributed by atoms with van der Waals surface area (Å²) in [6, 6.07) is 10.7. The van der Waals surface area contributed by atoms with Gasteiger partial charge < -0.3 is 4.74 Å². The van der Waals surface area contributed by atoms with E-state index in [1.165, 1.54) is 6.07 Å². The maximum absolute atomic E-state index is 13.7. The number of aryl methyl sites for hydroxylation is 2. The Bertz CT molecular complexity index is 613. The SMILES string of the molecule is COc1ccc(C(NN)c2ccc(C)c(F)c2)cc1C. The first-order valence-electron chi connectivity index (χ1n) is 6.43. The zero-order valence-electron chi connectivity index (χ0n) is 11.9. The van der Waals surface area contributed by atoms with E-state index in [0.29, 0.717) is 5.56 Å². The normalized spacial score (nSPS) is 12.2. The fourth-order valence-electron chi connectivity index (χ4n) is 2.25. The molecule has 0 radical (unpaired) electrons. The summed E-state index contributed by atoms with van der Waals surface area (Å²) < 4.78 is 18.9. The third kappa shape index (κ3) is 2.81. The molecule has 0 aliphatic rings. The van der Waals surface area contributed by atoms with Gasteiger partial charge in [-0.15, -0.1) is 0 Å². The van der Waals surface area contributed by atoms with Crippen LogP contribution in [-0.4, -0.2) is 7.11 Å². The first kappa shape index (κ1) is 14.5. The van der Waals surface area contributed by atoms with E-state index in [9.17, 15) is 4.39 Å². The molecule has 0 amide bonds. The van der Waals surface area contributed by atoms with Crippen molar-refractivity contribution in [2.75, 3.05) is 7.11 Å². The van der Waals surface area contributed by atoms with Crippen LogP contribution in [0.25, 0.3) is 0 Å². The second-order valence-electron chi connectivity index (χ2n) is 4.84. The van der Waals surface area contributed by atoms with Crippen LogP contribution in [0.3, 0.4) is 0 Å². The number of hydrogen-bond donors (Lipinski definition) is 2. The molecule has 2 aromatic carbocycles. The predicted octanol–water partition coefficient (Wildman–Crippen LogP) is 3.00. The van der Waals surface area contributed by atoms with E-state index >= 15 is 0 Å². The Labute approximate surface area is 118 Å². The van der Waals surface area contributed by atoms with Gasteiger partial charge in [0.15, 0.2) is 0 Å². The summed E-state index contributed by atoms with van der Waals surface area (Å²) in [6.45, 7) is 3.70. The predicted molar refractivity (Wildman–Crippen MR) is 78.0 cm³/mol. The Morgan fingerprint density at radius 1 is 1.05 bits per heavy atom. The van der Waals surface area contributed by atoms with Crippen molar-refractivity contribution in [3.63, 3.8) is 0 Å². The minimum Gasteiger partial charge on any atom is -0.496 e. The van der Waals surface area contributed by atoms with Crippen molar-refractivity contribution < 1.29 is 9.13 Å². The highest BCUT2D eigenvalue weighted by Gasteiger charge is 2.15. The summed E-state index contributed by atoms with van der Waals surface area (Å²) in [4.78, 5) is 0. The number of hydrogen-bond acceptors (Lipinski definition) is 3. The molecule has 1 atom stereocenters. The van der Waals surface area contributed by atoms with E-state index in [4.69, 9.17) is 10.6 Å². The number of nitrogens with one attached hydrogen (secondary N) is 1. The van der Waals surface area contributed by atoms with Crippen LogP contribution >= 0.6 is 0 Å². The molecule has 3 nitrogen and oxygen atoms in total. The molecular formula is C16H19FN2O. The van der Waals surface area contributed by atoms with Crippen molar-refractivity contribution >= 4 is 0 Å². The third-order valence-corrected chi connectivity index (χ3v) is 3.45. The number of nitrogens with two attached hydrogens (primary N) is 1. The molecule has 4 heteroatoms. The van der Waals surface area contributed by atoms with Crippen LogP contribution in [-0.2, 0) is 0 Å². The van der Waals surface area contributed by atoms with Crippen LogP contribution in [0.2, 0.25) is 0 Å². The Kier molecular flexibility index (Phi) is 4.37. The molecule has 106 valence electrons. The van der Waals surface area contributed by atoms with E-state index in [2.05, 4.69) is 5.43 Å². The topological polar surface area (TPSA) is 47.3 Å². The van der Waals surface area contributed by atoms with Crippen molar-refractivity contribution in [1.82, 2.24) is 5.43 Å². The molecule has 0 saturated heterocycles. The summed E-state index contributed by atoms with van der Waals surface area (Å²) in [6.07, 6.45) is 0. The second kappa shape index (κ2) is 6.03. The minimum absolute atomic E-state index is 0.229. The molecule has 2 aromatic rings. The monoisotopic (exact) mass is 274 g/mol. The third-order valence-electron chi connectivity index (χ3n) is 3.45. The van der Waals surface area contributed by atoms with Gasteiger partial charge >= 0.3 is 0 Å². The first-order valence-corrected chi connectivity index (χ1v) is 6.43. The van der Waals surface area contributed by atoms with E-state index in [1.54, 1.807) is 20.1 Å². The highest BCUT2D eigenvalue weighted by Crippen LogP contribution is 2.27. The Hall–Kier alpha value is -1.91. The molecule has 0 aromatic heterocycles. The molecule has 0 heterocycles. The van der Waals surface area contributed by atoms with Gasteiger partial charge in [0.2, 0.25) is 0 Å². The lowest BCUT2D eigenvalue weighted by Crippen LogP contribution is -2.29. The zero-order chi connectivity index (χ0) is 14.7. The van der Waals surface area contributed by atoms with Crippen LogP contribution in [0.4, 0.5) is 4.39 Å². The number of benzene rings is 2. The van der Waals surface area contributed by atoms with Gasteiger partial charge in [0.05, 0.1) is 13.2 Å². The summed E-state index contributed by atoms with van der Waals surface area (Å²) in [7, 11) is 1.63. The number of halogens is 1. The zero-order valence-corrected chi connectivity index (χ0v) is 11.9. The fraction of sp³-hybridized carbons (Fsp3) is 0.250.